The molecule has 0 bridgehead atoms. The van der Waals surface area contributed by atoms with E-state index < -0.39 is 31.3 Å². The molecule has 1 heterocycles. The Morgan fingerprint density at radius 2 is 1.83 bits per heavy atom. The first-order valence-electron chi connectivity index (χ1n) is 6.89. The predicted octanol–water partition coefficient (Wildman–Crippen LogP) is 2.09. The first-order valence-corrected chi connectivity index (χ1v) is 8.33. The molecule has 2 rings (SSSR count). The molecule has 0 spiro atoms. The van der Waals surface area contributed by atoms with Gasteiger partial charge in [-0.15, -0.1) is 13.2 Å². The van der Waals surface area contributed by atoms with E-state index >= 15 is 0 Å². The third-order valence-electron chi connectivity index (χ3n) is 3.30. The van der Waals surface area contributed by atoms with Crippen molar-refractivity contribution in [2.45, 2.75) is 5.03 Å². The van der Waals surface area contributed by atoms with Crippen LogP contribution in [0.1, 0.15) is 0 Å². The lowest BCUT2D eigenvalue weighted by molar-refractivity contribution is -0.382. The molecule has 1 aromatic carbocycles. The van der Waals surface area contributed by atoms with Crippen LogP contribution in [0.25, 0.3) is 10.9 Å². The molecule has 0 unspecified atom stereocenters. The fraction of sp³-hybridized carbons (Fsp3) is 0.133. The number of fused-ring (bicyclic) bond motifs is 1. The standard InChI is InChI=1S/C15H16N4O4S/c1-3-9-18(10-4-2)24(22,23)15-13(16)14(19(20)21)11-7-5-6-8-12(11)17-15/h3-8H,1-2,9-10,16H2. The lowest BCUT2D eigenvalue weighted by Gasteiger charge is -2.19. The van der Waals surface area contributed by atoms with Crippen LogP contribution in [0.15, 0.2) is 54.6 Å². The van der Waals surface area contributed by atoms with Crippen LogP contribution < -0.4 is 5.73 Å². The first-order chi connectivity index (χ1) is 11.3. The number of nitro groups is 1. The SMILES string of the molecule is C=CCN(CC=C)S(=O)(=O)c1nc2ccccc2c([N+](=O)[O-])c1N. The fourth-order valence-electron chi connectivity index (χ4n) is 2.26. The highest BCUT2D eigenvalue weighted by Crippen LogP contribution is 2.35. The molecule has 0 fully saturated rings. The highest BCUT2D eigenvalue weighted by atomic mass is 32.2. The maximum absolute atomic E-state index is 12.8. The molecule has 0 saturated carbocycles. The van der Waals surface area contributed by atoms with Gasteiger partial charge in [-0.3, -0.25) is 10.1 Å². The Labute approximate surface area is 139 Å². The summed E-state index contributed by atoms with van der Waals surface area (Å²) >= 11 is 0. The largest absolute Gasteiger partial charge is 0.391 e. The van der Waals surface area contributed by atoms with Gasteiger partial charge < -0.3 is 5.73 Å². The lowest BCUT2D eigenvalue weighted by Crippen LogP contribution is -2.32. The van der Waals surface area contributed by atoms with Crippen molar-refractivity contribution >= 4 is 32.3 Å². The summed E-state index contributed by atoms with van der Waals surface area (Å²) in [6, 6.07) is 6.16. The van der Waals surface area contributed by atoms with E-state index in [1.54, 1.807) is 12.1 Å². The third-order valence-corrected chi connectivity index (χ3v) is 5.08. The Kier molecular flexibility index (Phi) is 4.96. The fourth-order valence-corrected chi connectivity index (χ4v) is 3.70. The number of hydrogen-bond donors (Lipinski definition) is 1. The molecule has 0 amide bonds. The minimum atomic E-state index is -4.15. The molecule has 126 valence electrons. The van der Waals surface area contributed by atoms with E-state index in [1.165, 1.54) is 24.3 Å². The first kappa shape index (κ1) is 17.6. The summed E-state index contributed by atoms with van der Waals surface area (Å²) in [6.07, 6.45) is 2.79. The van der Waals surface area contributed by atoms with Crippen LogP contribution in [0.4, 0.5) is 11.4 Å². The van der Waals surface area contributed by atoms with Gasteiger partial charge in [0.15, 0.2) is 5.69 Å². The summed E-state index contributed by atoms with van der Waals surface area (Å²) in [5.74, 6) is 0. The zero-order valence-electron chi connectivity index (χ0n) is 12.8. The quantitative estimate of drug-likeness (QED) is 0.465. The molecule has 9 heteroatoms. The normalized spacial score (nSPS) is 11.5. The van der Waals surface area contributed by atoms with Gasteiger partial charge in [-0.2, -0.15) is 4.31 Å². The monoisotopic (exact) mass is 348 g/mol. The maximum Gasteiger partial charge on any atom is 0.304 e. The van der Waals surface area contributed by atoms with Gasteiger partial charge in [0.2, 0.25) is 5.03 Å². The van der Waals surface area contributed by atoms with E-state index in [2.05, 4.69) is 18.1 Å². The second-order valence-electron chi connectivity index (χ2n) is 4.85. The third kappa shape index (κ3) is 2.99. The summed E-state index contributed by atoms with van der Waals surface area (Å²) in [5.41, 5.74) is 5.02. The Balaban J connectivity index is 2.81. The number of sulfonamides is 1. The summed E-state index contributed by atoms with van der Waals surface area (Å²) in [4.78, 5) is 14.7. The maximum atomic E-state index is 12.8. The van der Waals surface area contributed by atoms with E-state index in [0.717, 1.165) is 4.31 Å². The van der Waals surface area contributed by atoms with Crippen molar-refractivity contribution < 1.29 is 13.3 Å². The number of benzene rings is 1. The Hall–Kier alpha value is -2.78. The van der Waals surface area contributed by atoms with Crippen LogP contribution in [0.3, 0.4) is 0 Å². The van der Waals surface area contributed by atoms with Gasteiger partial charge in [-0.25, -0.2) is 13.4 Å². The molecule has 8 nitrogen and oxygen atoms in total. The molecule has 0 aliphatic carbocycles. The average molecular weight is 348 g/mol. The highest BCUT2D eigenvalue weighted by molar-refractivity contribution is 7.89. The molecule has 0 saturated heterocycles. The molecule has 0 radical (unpaired) electrons. The number of pyridine rings is 1. The van der Waals surface area contributed by atoms with Crippen molar-refractivity contribution in [3.8, 4) is 0 Å². The number of nitrogen functional groups attached to an aromatic ring is 1. The van der Waals surface area contributed by atoms with Gasteiger partial charge in [0.1, 0.15) is 0 Å². The minimum Gasteiger partial charge on any atom is -0.391 e. The number of nitrogens with two attached hydrogens (primary N) is 1. The smallest absolute Gasteiger partial charge is 0.304 e. The van der Waals surface area contributed by atoms with Crippen LogP contribution >= 0.6 is 0 Å². The van der Waals surface area contributed by atoms with Crippen LogP contribution in [0, 0.1) is 10.1 Å². The number of anilines is 1. The van der Waals surface area contributed by atoms with Gasteiger partial charge in [0.25, 0.3) is 10.0 Å². The van der Waals surface area contributed by atoms with Gasteiger partial charge >= 0.3 is 5.69 Å². The molecule has 24 heavy (non-hydrogen) atoms. The lowest BCUT2D eigenvalue weighted by atomic mass is 10.2. The molecule has 1 aromatic heterocycles. The Morgan fingerprint density at radius 1 is 1.25 bits per heavy atom. The van der Waals surface area contributed by atoms with Gasteiger partial charge in [0, 0.05) is 13.1 Å². The van der Waals surface area contributed by atoms with Gasteiger partial charge in [-0.05, 0) is 12.1 Å². The second kappa shape index (κ2) is 6.77. The minimum absolute atomic E-state index is 0.00387. The van der Waals surface area contributed by atoms with E-state index in [4.69, 9.17) is 5.73 Å². The van der Waals surface area contributed by atoms with E-state index in [0.29, 0.717) is 0 Å². The average Bonchev–Trinajstić information content (AvgIpc) is 2.53. The van der Waals surface area contributed by atoms with Gasteiger partial charge in [0.05, 0.1) is 15.8 Å². The van der Waals surface area contributed by atoms with Crippen molar-refractivity contribution in [1.29, 1.82) is 0 Å². The van der Waals surface area contributed by atoms with E-state index in [1.807, 2.05) is 0 Å². The predicted molar refractivity (Wildman–Crippen MR) is 92.0 cm³/mol. The molecular formula is C15H16N4O4S. The van der Waals surface area contributed by atoms with Crippen molar-refractivity contribution in [1.82, 2.24) is 9.29 Å². The number of hydrogen-bond acceptors (Lipinski definition) is 6. The Morgan fingerprint density at radius 3 is 2.38 bits per heavy atom. The van der Waals surface area contributed by atoms with Gasteiger partial charge in [-0.1, -0.05) is 24.3 Å². The zero-order chi connectivity index (χ0) is 17.9. The van der Waals surface area contributed by atoms with Crippen molar-refractivity contribution in [3.63, 3.8) is 0 Å². The zero-order valence-corrected chi connectivity index (χ0v) is 13.6. The number of nitrogens with zero attached hydrogens (tertiary/aromatic N) is 3. The van der Waals surface area contributed by atoms with Crippen LogP contribution in [-0.2, 0) is 10.0 Å². The molecule has 0 aliphatic rings. The van der Waals surface area contributed by atoms with E-state index in [9.17, 15) is 18.5 Å². The second-order valence-corrected chi connectivity index (χ2v) is 6.71. The van der Waals surface area contributed by atoms with Crippen LogP contribution in [-0.4, -0.2) is 35.7 Å². The van der Waals surface area contributed by atoms with E-state index in [-0.39, 0.29) is 24.0 Å². The Bertz CT molecular complexity index is 914. The van der Waals surface area contributed by atoms with Crippen molar-refractivity contribution in [2.75, 3.05) is 18.8 Å². The van der Waals surface area contributed by atoms with Crippen molar-refractivity contribution in [2.24, 2.45) is 0 Å². The van der Waals surface area contributed by atoms with Crippen LogP contribution in [0.2, 0.25) is 0 Å². The molecule has 2 aromatic rings. The topological polar surface area (TPSA) is 119 Å². The summed E-state index contributed by atoms with van der Waals surface area (Å²) in [5, 5.41) is 11.0. The number of aromatic nitrogens is 1. The summed E-state index contributed by atoms with van der Waals surface area (Å²) in [7, 11) is -4.15. The molecule has 0 atom stereocenters. The molecular weight excluding hydrogens is 332 g/mol. The number of para-hydroxylation sites is 1. The number of rotatable bonds is 7. The molecule has 2 N–H and O–H groups in total. The van der Waals surface area contributed by atoms with Crippen molar-refractivity contribution in [3.05, 3.63) is 59.7 Å². The van der Waals surface area contributed by atoms with Crippen LogP contribution in [0.5, 0.6) is 0 Å². The summed E-state index contributed by atoms with van der Waals surface area (Å²) < 4.78 is 26.7. The summed E-state index contributed by atoms with van der Waals surface area (Å²) in [6.45, 7) is 7.01. The molecule has 0 aliphatic heterocycles. The highest BCUT2D eigenvalue weighted by Gasteiger charge is 2.32.